The summed E-state index contributed by atoms with van der Waals surface area (Å²) in [6, 6.07) is 11.7. The first kappa shape index (κ1) is 16.0. The van der Waals surface area contributed by atoms with E-state index >= 15 is 0 Å². The molecule has 3 heterocycles. The minimum Gasteiger partial charge on any atom is -0.378 e. The molecule has 0 saturated carbocycles. The van der Waals surface area contributed by atoms with E-state index in [1.807, 2.05) is 17.5 Å². The van der Waals surface area contributed by atoms with Crippen LogP contribution in [0.3, 0.4) is 0 Å². The molecule has 0 unspecified atom stereocenters. The molecule has 0 aliphatic carbocycles. The summed E-state index contributed by atoms with van der Waals surface area (Å²) in [6.45, 7) is 2.19. The van der Waals surface area contributed by atoms with Crippen LogP contribution < -0.4 is 0 Å². The second-order valence-electron chi connectivity index (χ2n) is 5.68. The molecule has 0 spiro atoms. The third-order valence-corrected chi connectivity index (χ3v) is 4.96. The molecule has 3 aromatic rings. The van der Waals surface area contributed by atoms with Gasteiger partial charge in [0.05, 0.1) is 23.8 Å². The van der Waals surface area contributed by atoms with E-state index < -0.39 is 0 Å². The zero-order valence-electron chi connectivity index (χ0n) is 13.4. The molecular weight excluding hydrogens is 341 g/mol. The molecule has 1 aliphatic rings. The summed E-state index contributed by atoms with van der Waals surface area (Å²) in [5.74, 6) is -0.418. The van der Waals surface area contributed by atoms with Gasteiger partial charge in [0.15, 0.2) is 0 Å². The summed E-state index contributed by atoms with van der Waals surface area (Å²) in [7, 11) is 0. The van der Waals surface area contributed by atoms with Crippen LogP contribution in [-0.4, -0.2) is 46.9 Å². The van der Waals surface area contributed by atoms with Gasteiger partial charge in [0.1, 0.15) is 17.2 Å². The third kappa shape index (κ3) is 3.20. The van der Waals surface area contributed by atoms with Crippen LogP contribution in [0.4, 0.5) is 4.39 Å². The van der Waals surface area contributed by atoms with Gasteiger partial charge in [-0.2, -0.15) is 5.10 Å². The zero-order valence-corrected chi connectivity index (χ0v) is 14.2. The second kappa shape index (κ2) is 6.78. The number of amides is 1. The van der Waals surface area contributed by atoms with Gasteiger partial charge >= 0.3 is 0 Å². The van der Waals surface area contributed by atoms with Crippen molar-refractivity contribution in [3.05, 3.63) is 59.4 Å². The molecule has 0 bridgehead atoms. The number of halogens is 1. The van der Waals surface area contributed by atoms with Gasteiger partial charge in [0.25, 0.3) is 5.91 Å². The normalized spacial score (nSPS) is 14.7. The molecule has 5 nitrogen and oxygen atoms in total. The number of rotatable bonds is 3. The Morgan fingerprint density at radius 1 is 1.16 bits per heavy atom. The Hall–Kier alpha value is -2.51. The van der Waals surface area contributed by atoms with E-state index in [0.29, 0.717) is 37.7 Å². The number of ether oxygens (including phenoxy) is 1. The number of benzene rings is 1. The molecule has 7 heteroatoms. The summed E-state index contributed by atoms with van der Waals surface area (Å²) in [5.41, 5.74) is 1.86. The summed E-state index contributed by atoms with van der Waals surface area (Å²) in [5, 5.41) is 6.56. The van der Waals surface area contributed by atoms with Gasteiger partial charge in [0.2, 0.25) is 0 Å². The van der Waals surface area contributed by atoms with Crippen molar-refractivity contribution in [3.63, 3.8) is 0 Å². The maximum absolute atomic E-state index is 13.3. The molecule has 1 aliphatic heterocycles. The Kier molecular flexibility index (Phi) is 4.33. The minimum absolute atomic E-state index is 0.0945. The molecule has 1 amide bonds. The smallest absolute Gasteiger partial charge is 0.272 e. The van der Waals surface area contributed by atoms with Crippen LogP contribution in [-0.2, 0) is 4.74 Å². The number of nitrogens with zero attached hydrogens (tertiary/aromatic N) is 3. The second-order valence-corrected chi connectivity index (χ2v) is 6.63. The number of aromatic nitrogens is 2. The van der Waals surface area contributed by atoms with E-state index in [9.17, 15) is 9.18 Å². The highest BCUT2D eigenvalue weighted by Crippen LogP contribution is 2.26. The lowest BCUT2D eigenvalue weighted by molar-refractivity contribution is 0.0297. The van der Waals surface area contributed by atoms with Crippen molar-refractivity contribution in [2.45, 2.75) is 0 Å². The SMILES string of the molecule is O=C(c1cc(-c2cccs2)nn1-c1ccc(F)cc1)N1CCOCC1. The van der Waals surface area contributed by atoms with Crippen molar-refractivity contribution < 1.29 is 13.9 Å². The van der Waals surface area contributed by atoms with E-state index in [1.54, 1.807) is 39.1 Å². The molecule has 2 aromatic heterocycles. The highest BCUT2D eigenvalue weighted by atomic mass is 32.1. The van der Waals surface area contributed by atoms with Crippen LogP contribution in [0.15, 0.2) is 47.8 Å². The van der Waals surface area contributed by atoms with Crippen molar-refractivity contribution in [1.82, 2.24) is 14.7 Å². The van der Waals surface area contributed by atoms with Gasteiger partial charge < -0.3 is 9.64 Å². The first-order valence-electron chi connectivity index (χ1n) is 7.99. The Labute approximate surface area is 148 Å². The molecule has 1 fully saturated rings. The largest absolute Gasteiger partial charge is 0.378 e. The summed E-state index contributed by atoms with van der Waals surface area (Å²) < 4.78 is 20.2. The van der Waals surface area contributed by atoms with E-state index in [0.717, 1.165) is 10.6 Å². The lowest BCUT2D eigenvalue weighted by atomic mass is 10.2. The molecular formula is C18H16FN3O2S. The van der Waals surface area contributed by atoms with E-state index in [-0.39, 0.29) is 11.7 Å². The van der Waals surface area contributed by atoms with Crippen LogP contribution in [0.2, 0.25) is 0 Å². The Morgan fingerprint density at radius 3 is 2.60 bits per heavy atom. The molecule has 4 rings (SSSR count). The maximum Gasteiger partial charge on any atom is 0.272 e. The van der Waals surface area contributed by atoms with Crippen LogP contribution in [0.5, 0.6) is 0 Å². The third-order valence-electron chi connectivity index (χ3n) is 4.07. The zero-order chi connectivity index (χ0) is 17.2. The van der Waals surface area contributed by atoms with Crippen molar-refractivity contribution in [3.8, 4) is 16.3 Å². The predicted molar refractivity (Wildman–Crippen MR) is 93.6 cm³/mol. The van der Waals surface area contributed by atoms with Crippen LogP contribution in [0, 0.1) is 5.82 Å². The number of morpholine rings is 1. The Morgan fingerprint density at radius 2 is 1.92 bits per heavy atom. The van der Waals surface area contributed by atoms with E-state index in [2.05, 4.69) is 5.10 Å². The van der Waals surface area contributed by atoms with Crippen LogP contribution >= 0.6 is 11.3 Å². The molecule has 128 valence electrons. The molecule has 0 atom stereocenters. The van der Waals surface area contributed by atoms with Crippen molar-refractivity contribution in [1.29, 1.82) is 0 Å². The van der Waals surface area contributed by atoms with Crippen LogP contribution in [0.1, 0.15) is 10.5 Å². The van der Waals surface area contributed by atoms with Crippen molar-refractivity contribution in [2.24, 2.45) is 0 Å². The molecule has 1 saturated heterocycles. The lowest BCUT2D eigenvalue weighted by Crippen LogP contribution is -2.41. The molecule has 0 radical (unpaired) electrons. The number of carbonyl (C=O) groups is 1. The van der Waals surface area contributed by atoms with Gasteiger partial charge in [-0.05, 0) is 41.8 Å². The van der Waals surface area contributed by atoms with E-state index in [4.69, 9.17) is 4.74 Å². The average molecular weight is 357 g/mol. The van der Waals surface area contributed by atoms with Gasteiger partial charge in [-0.3, -0.25) is 4.79 Å². The predicted octanol–water partition coefficient (Wildman–Crippen LogP) is 3.21. The standard InChI is InChI=1S/C18H16FN3O2S/c19-13-3-5-14(6-4-13)22-16(18(23)21-7-9-24-10-8-21)12-15(20-22)17-2-1-11-25-17/h1-6,11-12H,7-10H2. The fraction of sp³-hybridized carbons (Fsp3) is 0.222. The van der Waals surface area contributed by atoms with Gasteiger partial charge in [-0.15, -0.1) is 11.3 Å². The quantitative estimate of drug-likeness (QED) is 0.723. The summed E-state index contributed by atoms with van der Waals surface area (Å²) in [6.07, 6.45) is 0. The Bertz CT molecular complexity index is 868. The molecule has 1 aromatic carbocycles. The number of carbonyl (C=O) groups excluding carboxylic acids is 1. The first-order chi connectivity index (χ1) is 12.2. The van der Waals surface area contributed by atoms with Crippen molar-refractivity contribution in [2.75, 3.05) is 26.3 Å². The number of hydrogen-bond acceptors (Lipinski definition) is 4. The minimum atomic E-state index is -0.324. The summed E-state index contributed by atoms with van der Waals surface area (Å²) in [4.78, 5) is 15.7. The molecule has 0 N–H and O–H groups in total. The summed E-state index contributed by atoms with van der Waals surface area (Å²) >= 11 is 1.56. The topological polar surface area (TPSA) is 47.4 Å². The average Bonchev–Trinajstić information content (AvgIpc) is 3.32. The Balaban J connectivity index is 1.77. The van der Waals surface area contributed by atoms with Gasteiger partial charge in [-0.1, -0.05) is 6.07 Å². The monoisotopic (exact) mass is 357 g/mol. The number of hydrogen-bond donors (Lipinski definition) is 0. The molecule has 25 heavy (non-hydrogen) atoms. The van der Waals surface area contributed by atoms with Gasteiger partial charge in [0, 0.05) is 13.1 Å². The fourth-order valence-corrected chi connectivity index (χ4v) is 3.47. The van der Waals surface area contributed by atoms with Crippen molar-refractivity contribution >= 4 is 17.2 Å². The van der Waals surface area contributed by atoms with Crippen LogP contribution in [0.25, 0.3) is 16.3 Å². The van der Waals surface area contributed by atoms with Gasteiger partial charge in [-0.25, -0.2) is 9.07 Å². The highest BCUT2D eigenvalue weighted by molar-refractivity contribution is 7.13. The lowest BCUT2D eigenvalue weighted by Gasteiger charge is -2.26. The first-order valence-corrected chi connectivity index (χ1v) is 8.87. The fourth-order valence-electron chi connectivity index (χ4n) is 2.79. The van der Waals surface area contributed by atoms with E-state index in [1.165, 1.54) is 12.1 Å². The maximum atomic E-state index is 13.3. The highest BCUT2D eigenvalue weighted by Gasteiger charge is 2.24. The number of thiophene rings is 1.